The Kier molecular flexibility index (Phi) is 9.61. The molecule has 0 unspecified atom stereocenters. The summed E-state index contributed by atoms with van der Waals surface area (Å²) in [6.45, 7) is 2.48. The van der Waals surface area contributed by atoms with Gasteiger partial charge in [-0.3, -0.25) is 13.9 Å². The van der Waals surface area contributed by atoms with Crippen molar-refractivity contribution in [2.45, 2.75) is 24.7 Å². The predicted octanol–water partition coefficient (Wildman–Crippen LogP) is 3.85. The standard InChI is InChI=1S/C27H31N3O5S/c1-3-21-14-16-22(17-15-21)30(36(33,34)23-10-5-4-6-11-23)20-26(31)29-25-13-8-7-12-24(25)27(32)28-18-9-19-35-2/h4-8,10-17H,3,9,18-20H2,1-2H3,(H,28,32)(H,29,31). The Morgan fingerprint density at radius 2 is 1.58 bits per heavy atom. The van der Waals surface area contributed by atoms with Crippen molar-refractivity contribution in [2.24, 2.45) is 0 Å². The van der Waals surface area contributed by atoms with E-state index in [1.54, 1.807) is 61.7 Å². The fourth-order valence-corrected chi connectivity index (χ4v) is 5.00. The highest BCUT2D eigenvalue weighted by Gasteiger charge is 2.27. The van der Waals surface area contributed by atoms with Gasteiger partial charge in [-0.1, -0.05) is 49.4 Å². The van der Waals surface area contributed by atoms with Crippen molar-refractivity contribution in [3.8, 4) is 0 Å². The molecular weight excluding hydrogens is 478 g/mol. The lowest BCUT2D eigenvalue weighted by Crippen LogP contribution is -2.38. The summed E-state index contributed by atoms with van der Waals surface area (Å²) in [7, 11) is -2.43. The zero-order valence-electron chi connectivity index (χ0n) is 20.4. The summed E-state index contributed by atoms with van der Waals surface area (Å²) >= 11 is 0. The van der Waals surface area contributed by atoms with Crippen LogP contribution in [0.15, 0.2) is 83.8 Å². The summed E-state index contributed by atoms with van der Waals surface area (Å²) in [5, 5.41) is 5.50. The molecule has 190 valence electrons. The van der Waals surface area contributed by atoms with Gasteiger partial charge in [-0.2, -0.15) is 0 Å². The molecule has 0 heterocycles. The predicted molar refractivity (Wildman–Crippen MR) is 141 cm³/mol. The molecule has 0 fully saturated rings. The second-order valence-corrected chi connectivity index (χ2v) is 9.90. The van der Waals surface area contributed by atoms with Gasteiger partial charge >= 0.3 is 0 Å². The Balaban J connectivity index is 1.84. The van der Waals surface area contributed by atoms with E-state index in [0.717, 1.165) is 16.3 Å². The molecule has 2 N–H and O–H groups in total. The number of nitrogens with zero attached hydrogens (tertiary/aromatic N) is 1. The number of ether oxygens (including phenoxy) is 1. The molecule has 0 saturated heterocycles. The van der Waals surface area contributed by atoms with Gasteiger partial charge in [-0.25, -0.2) is 8.42 Å². The van der Waals surface area contributed by atoms with Gasteiger partial charge in [-0.15, -0.1) is 0 Å². The Hall–Kier alpha value is -3.69. The molecule has 0 bridgehead atoms. The van der Waals surface area contributed by atoms with Gasteiger partial charge in [0, 0.05) is 20.3 Å². The minimum Gasteiger partial charge on any atom is -0.385 e. The van der Waals surface area contributed by atoms with Crippen molar-refractivity contribution in [2.75, 3.05) is 36.4 Å². The maximum atomic E-state index is 13.5. The van der Waals surface area contributed by atoms with E-state index in [1.165, 1.54) is 12.1 Å². The van der Waals surface area contributed by atoms with Gasteiger partial charge < -0.3 is 15.4 Å². The van der Waals surface area contributed by atoms with Crippen LogP contribution in [-0.2, 0) is 26.0 Å². The average Bonchev–Trinajstić information content (AvgIpc) is 2.90. The largest absolute Gasteiger partial charge is 0.385 e. The molecule has 0 saturated carbocycles. The Bertz CT molecular complexity index is 1260. The molecule has 3 aromatic carbocycles. The topological polar surface area (TPSA) is 105 Å². The number of para-hydroxylation sites is 1. The summed E-state index contributed by atoms with van der Waals surface area (Å²) in [6.07, 6.45) is 1.45. The number of carbonyl (C=O) groups excluding carboxylic acids is 2. The first-order valence-electron chi connectivity index (χ1n) is 11.7. The van der Waals surface area contributed by atoms with Crippen LogP contribution in [0.3, 0.4) is 0 Å². The maximum absolute atomic E-state index is 13.5. The Morgan fingerprint density at radius 3 is 2.25 bits per heavy atom. The summed E-state index contributed by atoms with van der Waals surface area (Å²) < 4.78 is 33.1. The van der Waals surface area contributed by atoms with Crippen molar-refractivity contribution in [1.82, 2.24) is 5.32 Å². The van der Waals surface area contributed by atoms with Crippen LogP contribution in [-0.4, -0.2) is 47.0 Å². The second kappa shape index (κ2) is 12.9. The van der Waals surface area contributed by atoms with E-state index in [-0.39, 0.29) is 16.4 Å². The number of nitrogens with one attached hydrogen (secondary N) is 2. The molecule has 8 nitrogen and oxygen atoms in total. The number of hydrogen-bond donors (Lipinski definition) is 2. The van der Waals surface area contributed by atoms with Crippen LogP contribution in [0.25, 0.3) is 0 Å². The summed E-state index contributed by atoms with van der Waals surface area (Å²) in [5.74, 6) is -0.917. The lowest BCUT2D eigenvalue weighted by atomic mass is 10.1. The average molecular weight is 510 g/mol. The number of rotatable bonds is 12. The van der Waals surface area contributed by atoms with Crippen LogP contribution in [0.1, 0.15) is 29.3 Å². The van der Waals surface area contributed by atoms with E-state index in [4.69, 9.17) is 4.74 Å². The van der Waals surface area contributed by atoms with Crippen LogP contribution < -0.4 is 14.9 Å². The smallest absolute Gasteiger partial charge is 0.264 e. The monoisotopic (exact) mass is 509 g/mol. The maximum Gasteiger partial charge on any atom is 0.264 e. The van der Waals surface area contributed by atoms with Crippen molar-refractivity contribution >= 4 is 33.2 Å². The number of carbonyl (C=O) groups is 2. The van der Waals surface area contributed by atoms with E-state index in [1.807, 2.05) is 19.1 Å². The van der Waals surface area contributed by atoms with Crippen LogP contribution in [0.5, 0.6) is 0 Å². The molecule has 36 heavy (non-hydrogen) atoms. The highest BCUT2D eigenvalue weighted by Crippen LogP contribution is 2.25. The number of anilines is 2. The van der Waals surface area contributed by atoms with Crippen molar-refractivity contribution in [3.63, 3.8) is 0 Å². The molecule has 0 aliphatic rings. The Morgan fingerprint density at radius 1 is 0.917 bits per heavy atom. The molecule has 3 rings (SSSR count). The van der Waals surface area contributed by atoms with Gasteiger partial charge in [0.2, 0.25) is 5.91 Å². The fraction of sp³-hybridized carbons (Fsp3) is 0.259. The molecule has 2 amide bonds. The molecule has 0 radical (unpaired) electrons. The lowest BCUT2D eigenvalue weighted by molar-refractivity contribution is -0.114. The highest BCUT2D eigenvalue weighted by atomic mass is 32.2. The third-order valence-electron chi connectivity index (χ3n) is 5.51. The first kappa shape index (κ1) is 26.9. The molecule has 9 heteroatoms. The Labute approximate surface area is 212 Å². The minimum absolute atomic E-state index is 0.0770. The molecule has 0 atom stereocenters. The van der Waals surface area contributed by atoms with Crippen LogP contribution in [0.2, 0.25) is 0 Å². The normalized spacial score (nSPS) is 11.1. The van der Waals surface area contributed by atoms with Gasteiger partial charge in [-0.05, 0) is 54.8 Å². The number of benzene rings is 3. The van der Waals surface area contributed by atoms with E-state index in [0.29, 0.717) is 30.9 Å². The summed E-state index contributed by atoms with van der Waals surface area (Å²) in [5.41, 5.74) is 2.00. The number of hydrogen-bond acceptors (Lipinski definition) is 5. The zero-order valence-corrected chi connectivity index (χ0v) is 21.3. The SMILES string of the molecule is CCc1ccc(N(CC(=O)Nc2ccccc2C(=O)NCCCOC)S(=O)(=O)c2ccccc2)cc1. The first-order valence-corrected chi connectivity index (χ1v) is 13.1. The summed E-state index contributed by atoms with van der Waals surface area (Å²) in [4.78, 5) is 25.8. The van der Waals surface area contributed by atoms with Gasteiger partial charge in [0.25, 0.3) is 15.9 Å². The van der Waals surface area contributed by atoms with E-state index < -0.39 is 22.5 Å². The molecule has 0 aliphatic heterocycles. The lowest BCUT2D eigenvalue weighted by Gasteiger charge is -2.24. The first-order chi connectivity index (χ1) is 17.4. The van der Waals surface area contributed by atoms with E-state index >= 15 is 0 Å². The molecule has 3 aromatic rings. The molecular formula is C27H31N3O5S. The third kappa shape index (κ3) is 6.93. The van der Waals surface area contributed by atoms with E-state index in [9.17, 15) is 18.0 Å². The van der Waals surface area contributed by atoms with Crippen LogP contribution in [0.4, 0.5) is 11.4 Å². The van der Waals surface area contributed by atoms with Gasteiger partial charge in [0.05, 0.1) is 21.8 Å². The van der Waals surface area contributed by atoms with Gasteiger partial charge in [0.1, 0.15) is 6.54 Å². The van der Waals surface area contributed by atoms with E-state index in [2.05, 4.69) is 10.6 Å². The molecule has 0 spiro atoms. The van der Waals surface area contributed by atoms with Crippen LogP contribution >= 0.6 is 0 Å². The number of aryl methyl sites for hydroxylation is 1. The molecule has 0 aliphatic carbocycles. The minimum atomic E-state index is -4.02. The summed E-state index contributed by atoms with van der Waals surface area (Å²) in [6, 6.07) is 21.6. The van der Waals surface area contributed by atoms with Crippen LogP contribution in [0, 0.1) is 0 Å². The zero-order chi connectivity index (χ0) is 26.0. The third-order valence-corrected chi connectivity index (χ3v) is 7.30. The fourth-order valence-electron chi connectivity index (χ4n) is 3.56. The number of amides is 2. The number of sulfonamides is 1. The second-order valence-electron chi connectivity index (χ2n) is 8.04. The van der Waals surface area contributed by atoms with Crippen molar-refractivity contribution < 1.29 is 22.7 Å². The quantitative estimate of drug-likeness (QED) is 0.361. The highest BCUT2D eigenvalue weighted by molar-refractivity contribution is 7.92. The number of methoxy groups -OCH3 is 1. The van der Waals surface area contributed by atoms with Crippen molar-refractivity contribution in [1.29, 1.82) is 0 Å². The molecule has 0 aromatic heterocycles. The van der Waals surface area contributed by atoms with Gasteiger partial charge in [0.15, 0.2) is 0 Å². The van der Waals surface area contributed by atoms with Crippen molar-refractivity contribution in [3.05, 3.63) is 90.0 Å².